The van der Waals surface area contributed by atoms with Gasteiger partial charge in [-0.15, -0.1) is 5.10 Å². The molecule has 4 aromatic rings. The molecule has 0 saturated heterocycles. The Kier molecular flexibility index (Phi) is 6.04. The molecule has 6 rings (SSSR count). The van der Waals surface area contributed by atoms with Gasteiger partial charge >= 0.3 is 0 Å². The van der Waals surface area contributed by atoms with Crippen molar-refractivity contribution in [3.05, 3.63) is 77.1 Å². The number of rotatable bonds is 6. The number of fused-ring (bicyclic) bond motifs is 2. The number of aromatic nitrogens is 4. The topological polar surface area (TPSA) is 113 Å². The fourth-order valence-corrected chi connectivity index (χ4v) is 4.99. The van der Waals surface area contributed by atoms with Crippen molar-refractivity contribution in [2.75, 3.05) is 39.9 Å². The lowest BCUT2D eigenvalue weighted by Crippen LogP contribution is -2.35. The second-order valence-electron chi connectivity index (χ2n) is 9.03. The normalized spacial score (nSPS) is 16.1. The number of nitrogens with one attached hydrogen (secondary N) is 1. The van der Waals surface area contributed by atoms with Gasteiger partial charge in [0.1, 0.15) is 11.8 Å². The molecule has 0 spiro atoms. The number of carbonyl (C=O) groups excluding carboxylic acids is 1. The standard InChI is InChI=1S/C27H26N6O5/c1-32-11-10-16-13-21-24(38-15-37-21)25(36-3)22(16)23(32)26-29-30-31-33(26)19-8-4-6-17(12-19)27(34)28-18-7-5-9-20(14-18)35-2/h4-9,12-14,23H,10-11,15H2,1-3H3,(H,28,34). The molecule has 1 N–H and O–H groups in total. The van der Waals surface area contributed by atoms with Gasteiger partial charge in [0.15, 0.2) is 17.3 Å². The van der Waals surface area contributed by atoms with Crippen molar-refractivity contribution >= 4 is 11.6 Å². The van der Waals surface area contributed by atoms with E-state index in [2.05, 4.69) is 25.7 Å². The summed E-state index contributed by atoms with van der Waals surface area (Å²) in [5, 5.41) is 15.6. The van der Waals surface area contributed by atoms with E-state index in [9.17, 15) is 4.79 Å². The third-order valence-corrected chi connectivity index (χ3v) is 6.81. The van der Waals surface area contributed by atoms with Gasteiger partial charge in [-0.3, -0.25) is 9.69 Å². The highest BCUT2D eigenvalue weighted by atomic mass is 16.7. The Morgan fingerprint density at radius 2 is 1.95 bits per heavy atom. The first-order valence-corrected chi connectivity index (χ1v) is 12.1. The molecule has 11 nitrogen and oxygen atoms in total. The third-order valence-electron chi connectivity index (χ3n) is 6.81. The summed E-state index contributed by atoms with van der Waals surface area (Å²) in [6, 6.07) is 16.1. The number of carbonyl (C=O) groups is 1. The molecule has 1 unspecified atom stereocenters. The van der Waals surface area contributed by atoms with E-state index in [1.54, 1.807) is 49.2 Å². The Balaban J connectivity index is 1.37. The number of tetrazole rings is 1. The largest absolute Gasteiger partial charge is 0.497 e. The number of hydrogen-bond acceptors (Lipinski definition) is 9. The van der Waals surface area contributed by atoms with Crippen LogP contribution in [-0.2, 0) is 6.42 Å². The van der Waals surface area contributed by atoms with Crippen LogP contribution in [0.2, 0.25) is 0 Å². The molecule has 0 saturated carbocycles. The maximum atomic E-state index is 13.1. The minimum absolute atomic E-state index is 0.150. The molecule has 38 heavy (non-hydrogen) atoms. The van der Waals surface area contributed by atoms with Crippen molar-refractivity contribution in [1.82, 2.24) is 25.1 Å². The quantitative estimate of drug-likeness (QED) is 0.414. The van der Waals surface area contributed by atoms with Crippen LogP contribution in [0, 0.1) is 0 Å². The summed E-state index contributed by atoms with van der Waals surface area (Å²) in [4.78, 5) is 15.2. The first-order valence-electron chi connectivity index (χ1n) is 12.1. The highest BCUT2D eigenvalue weighted by Gasteiger charge is 2.37. The molecule has 2 aliphatic heterocycles. The number of nitrogens with zero attached hydrogens (tertiary/aromatic N) is 5. The molecule has 0 fully saturated rings. The lowest BCUT2D eigenvalue weighted by Gasteiger charge is -2.34. The molecular formula is C27H26N6O5. The van der Waals surface area contributed by atoms with Crippen LogP contribution in [0.1, 0.15) is 33.4 Å². The fraction of sp³-hybridized carbons (Fsp3) is 0.259. The number of anilines is 1. The summed E-state index contributed by atoms with van der Waals surface area (Å²) < 4.78 is 24.1. The predicted octanol–water partition coefficient (Wildman–Crippen LogP) is 3.24. The number of amides is 1. The van der Waals surface area contributed by atoms with Gasteiger partial charge in [-0.05, 0) is 65.9 Å². The third kappa shape index (κ3) is 4.06. The number of methoxy groups -OCH3 is 2. The van der Waals surface area contributed by atoms with Crippen LogP contribution in [0.25, 0.3) is 5.69 Å². The fourth-order valence-electron chi connectivity index (χ4n) is 4.99. The monoisotopic (exact) mass is 514 g/mol. The maximum absolute atomic E-state index is 13.1. The Bertz CT molecular complexity index is 1520. The van der Waals surface area contributed by atoms with Crippen LogP contribution < -0.4 is 24.3 Å². The van der Waals surface area contributed by atoms with E-state index in [1.165, 1.54) is 0 Å². The number of benzene rings is 3. The zero-order chi connectivity index (χ0) is 26.2. The van der Waals surface area contributed by atoms with Crippen LogP contribution in [-0.4, -0.2) is 65.6 Å². The molecule has 194 valence electrons. The molecule has 1 aromatic heterocycles. The maximum Gasteiger partial charge on any atom is 0.255 e. The zero-order valence-electron chi connectivity index (χ0n) is 21.2. The van der Waals surface area contributed by atoms with Crippen molar-refractivity contribution in [3.63, 3.8) is 0 Å². The van der Waals surface area contributed by atoms with Gasteiger partial charge in [0.25, 0.3) is 5.91 Å². The van der Waals surface area contributed by atoms with Crippen LogP contribution in [0.3, 0.4) is 0 Å². The van der Waals surface area contributed by atoms with Gasteiger partial charge in [-0.25, -0.2) is 0 Å². The van der Waals surface area contributed by atoms with Crippen molar-refractivity contribution in [2.24, 2.45) is 0 Å². The van der Waals surface area contributed by atoms with Gasteiger partial charge in [0, 0.05) is 29.4 Å². The van der Waals surface area contributed by atoms with Crippen molar-refractivity contribution in [3.8, 4) is 28.7 Å². The summed E-state index contributed by atoms with van der Waals surface area (Å²) >= 11 is 0. The van der Waals surface area contributed by atoms with E-state index in [4.69, 9.17) is 18.9 Å². The highest BCUT2D eigenvalue weighted by Crippen LogP contribution is 2.50. The molecular weight excluding hydrogens is 488 g/mol. The van der Waals surface area contributed by atoms with Crippen molar-refractivity contribution in [1.29, 1.82) is 0 Å². The Hall–Kier alpha value is -4.64. The minimum Gasteiger partial charge on any atom is -0.497 e. The summed E-state index contributed by atoms with van der Waals surface area (Å²) in [6.07, 6.45) is 0.816. The molecule has 2 aliphatic rings. The van der Waals surface area contributed by atoms with E-state index in [0.29, 0.717) is 45.8 Å². The van der Waals surface area contributed by atoms with Gasteiger partial charge in [0.2, 0.25) is 12.5 Å². The molecule has 0 radical (unpaired) electrons. The van der Waals surface area contributed by atoms with Crippen LogP contribution >= 0.6 is 0 Å². The van der Waals surface area contributed by atoms with Gasteiger partial charge < -0.3 is 24.3 Å². The second-order valence-corrected chi connectivity index (χ2v) is 9.03. The molecule has 3 heterocycles. The van der Waals surface area contributed by atoms with Gasteiger partial charge in [0.05, 0.1) is 19.9 Å². The van der Waals surface area contributed by atoms with Crippen LogP contribution in [0.5, 0.6) is 23.0 Å². The number of ether oxygens (including phenoxy) is 4. The average Bonchev–Trinajstić information content (AvgIpc) is 3.62. The zero-order valence-corrected chi connectivity index (χ0v) is 21.2. The van der Waals surface area contributed by atoms with Crippen molar-refractivity contribution in [2.45, 2.75) is 12.5 Å². The second kappa shape index (κ2) is 9.67. The summed E-state index contributed by atoms with van der Waals surface area (Å²) in [6.45, 7) is 0.938. The van der Waals surface area contributed by atoms with Gasteiger partial charge in [-0.1, -0.05) is 12.1 Å². The van der Waals surface area contributed by atoms with Crippen LogP contribution in [0.15, 0.2) is 54.6 Å². The van der Waals surface area contributed by atoms with E-state index >= 15 is 0 Å². The first-order chi connectivity index (χ1) is 18.6. The first kappa shape index (κ1) is 23.7. The Labute approximate surface area is 218 Å². The Morgan fingerprint density at radius 1 is 1.08 bits per heavy atom. The summed E-state index contributed by atoms with van der Waals surface area (Å²) in [5.41, 5.74) is 3.78. The lowest BCUT2D eigenvalue weighted by atomic mass is 9.90. The summed E-state index contributed by atoms with van der Waals surface area (Å²) in [5.74, 6) is 2.87. The van der Waals surface area contributed by atoms with E-state index in [1.807, 2.05) is 31.3 Å². The van der Waals surface area contributed by atoms with Crippen molar-refractivity contribution < 1.29 is 23.7 Å². The van der Waals surface area contributed by atoms with E-state index in [0.717, 1.165) is 24.1 Å². The average molecular weight is 515 g/mol. The number of likely N-dealkylation sites (N-methyl/N-ethyl adjacent to an activating group) is 1. The predicted molar refractivity (Wildman–Crippen MR) is 137 cm³/mol. The number of hydrogen-bond donors (Lipinski definition) is 1. The summed E-state index contributed by atoms with van der Waals surface area (Å²) in [7, 11) is 5.23. The molecule has 3 aromatic carbocycles. The van der Waals surface area contributed by atoms with E-state index in [-0.39, 0.29) is 18.7 Å². The lowest BCUT2D eigenvalue weighted by molar-refractivity contribution is 0.102. The molecule has 11 heteroatoms. The highest BCUT2D eigenvalue weighted by molar-refractivity contribution is 6.04. The van der Waals surface area contributed by atoms with Gasteiger partial charge in [-0.2, -0.15) is 4.68 Å². The van der Waals surface area contributed by atoms with Crippen LogP contribution in [0.4, 0.5) is 5.69 Å². The SMILES string of the molecule is COc1cccc(NC(=O)c2cccc(-n3nnnc3C3c4c(cc5c(c4OC)OCO5)CCN3C)c2)c1. The molecule has 1 atom stereocenters. The van der Waals surface area contributed by atoms with E-state index < -0.39 is 0 Å². The molecule has 0 aliphatic carbocycles. The Morgan fingerprint density at radius 3 is 2.79 bits per heavy atom. The minimum atomic E-state index is -0.313. The molecule has 1 amide bonds. The smallest absolute Gasteiger partial charge is 0.255 e. The molecule has 0 bridgehead atoms.